The maximum absolute atomic E-state index is 13.3. The lowest BCUT2D eigenvalue weighted by Crippen LogP contribution is -2.16. The zero-order valence-electron chi connectivity index (χ0n) is 10.1. The van der Waals surface area contributed by atoms with Gasteiger partial charge in [-0.05, 0) is 46.3 Å². The average Bonchev–Trinajstić information content (AvgIpc) is 2.40. The smallest absolute Gasteiger partial charge is 0.255 e. The van der Waals surface area contributed by atoms with Gasteiger partial charge in [0.15, 0.2) is 0 Å². The first kappa shape index (κ1) is 14.1. The molecule has 0 aliphatic carbocycles. The number of primary amides is 1. The molecule has 0 saturated carbocycles. The van der Waals surface area contributed by atoms with Crippen molar-refractivity contribution < 1.29 is 14.0 Å². The Morgan fingerprint density at radius 1 is 1.25 bits per heavy atom. The van der Waals surface area contributed by atoms with E-state index in [9.17, 15) is 14.0 Å². The standard InChI is InChI=1S/C13H9BrFN3O2/c14-11-5-7(3-4-17-11)13(20)18-8-1-2-10(15)9(6-8)12(16)19/h1-6H,(H2,16,19)(H,18,20). The molecule has 0 saturated heterocycles. The summed E-state index contributed by atoms with van der Waals surface area (Å²) in [5.74, 6) is -2.04. The molecular weight excluding hydrogens is 329 g/mol. The maximum Gasteiger partial charge on any atom is 0.255 e. The van der Waals surface area contributed by atoms with Crippen LogP contribution in [0.1, 0.15) is 20.7 Å². The minimum Gasteiger partial charge on any atom is -0.366 e. The van der Waals surface area contributed by atoms with Crippen LogP contribution in [-0.4, -0.2) is 16.8 Å². The Labute approximate surface area is 122 Å². The highest BCUT2D eigenvalue weighted by atomic mass is 79.9. The molecule has 5 nitrogen and oxygen atoms in total. The number of halogens is 2. The summed E-state index contributed by atoms with van der Waals surface area (Å²) in [5, 5.41) is 2.55. The van der Waals surface area contributed by atoms with Crippen LogP contribution in [0.4, 0.5) is 10.1 Å². The van der Waals surface area contributed by atoms with Gasteiger partial charge in [0.1, 0.15) is 10.4 Å². The van der Waals surface area contributed by atoms with E-state index in [1.807, 2.05) is 0 Å². The maximum atomic E-state index is 13.3. The molecule has 0 aliphatic heterocycles. The fourth-order valence-electron chi connectivity index (χ4n) is 1.54. The summed E-state index contributed by atoms with van der Waals surface area (Å²) in [6, 6.07) is 6.66. The molecule has 1 aromatic carbocycles. The van der Waals surface area contributed by atoms with E-state index in [0.29, 0.717) is 10.2 Å². The van der Waals surface area contributed by atoms with Crippen LogP contribution in [0.5, 0.6) is 0 Å². The molecule has 2 aromatic rings. The summed E-state index contributed by atoms with van der Waals surface area (Å²) in [6.07, 6.45) is 1.47. The normalized spacial score (nSPS) is 10.1. The Morgan fingerprint density at radius 3 is 2.65 bits per heavy atom. The Balaban J connectivity index is 2.24. The van der Waals surface area contributed by atoms with Crippen molar-refractivity contribution in [3.8, 4) is 0 Å². The van der Waals surface area contributed by atoms with E-state index < -0.39 is 17.6 Å². The molecule has 0 bridgehead atoms. The number of hydrogen-bond acceptors (Lipinski definition) is 3. The molecule has 1 aromatic heterocycles. The molecule has 0 atom stereocenters. The second-order valence-electron chi connectivity index (χ2n) is 3.88. The highest BCUT2D eigenvalue weighted by Crippen LogP contribution is 2.16. The molecule has 2 amide bonds. The number of amides is 2. The van der Waals surface area contributed by atoms with E-state index in [-0.39, 0.29) is 11.3 Å². The molecule has 0 aliphatic rings. The number of nitrogens with one attached hydrogen (secondary N) is 1. The monoisotopic (exact) mass is 337 g/mol. The number of benzene rings is 1. The molecular formula is C13H9BrFN3O2. The van der Waals surface area contributed by atoms with Gasteiger partial charge >= 0.3 is 0 Å². The van der Waals surface area contributed by atoms with E-state index in [2.05, 4.69) is 26.2 Å². The van der Waals surface area contributed by atoms with Gasteiger partial charge in [-0.25, -0.2) is 9.37 Å². The molecule has 0 spiro atoms. The Bertz CT molecular complexity index is 691. The number of anilines is 1. The van der Waals surface area contributed by atoms with Crippen molar-refractivity contribution in [1.29, 1.82) is 0 Å². The zero-order valence-corrected chi connectivity index (χ0v) is 11.6. The lowest BCUT2D eigenvalue weighted by Gasteiger charge is -2.07. The van der Waals surface area contributed by atoms with E-state index in [1.54, 1.807) is 0 Å². The number of carbonyl (C=O) groups is 2. The van der Waals surface area contributed by atoms with Crippen molar-refractivity contribution in [3.63, 3.8) is 0 Å². The second-order valence-corrected chi connectivity index (χ2v) is 4.69. The highest BCUT2D eigenvalue weighted by molar-refractivity contribution is 9.10. The van der Waals surface area contributed by atoms with E-state index in [4.69, 9.17) is 5.73 Å². The molecule has 0 unspecified atom stereocenters. The number of aromatic nitrogens is 1. The number of carbonyl (C=O) groups excluding carboxylic acids is 2. The van der Waals surface area contributed by atoms with E-state index in [0.717, 1.165) is 6.07 Å². The third-order valence-corrected chi connectivity index (χ3v) is 2.91. The summed E-state index contributed by atoms with van der Waals surface area (Å²) in [7, 11) is 0. The molecule has 102 valence electrons. The quantitative estimate of drug-likeness (QED) is 0.843. The minimum absolute atomic E-state index is 0.276. The lowest BCUT2D eigenvalue weighted by molar-refractivity contribution is 0.0992. The van der Waals surface area contributed by atoms with E-state index in [1.165, 1.54) is 30.5 Å². The second kappa shape index (κ2) is 5.79. The summed E-state index contributed by atoms with van der Waals surface area (Å²) < 4.78 is 13.8. The first-order valence-electron chi connectivity index (χ1n) is 5.49. The molecule has 0 radical (unpaired) electrons. The Kier molecular flexibility index (Phi) is 4.09. The van der Waals surface area contributed by atoms with Gasteiger partial charge in [0.2, 0.25) is 0 Å². The lowest BCUT2D eigenvalue weighted by atomic mass is 10.1. The van der Waals surface area contributed by atoms with Gasteiger partial charge in [-0.2, -0.15) is 0 Å². The fourth-order valence-corrected chi connectivity index (χ4v) is 1.90. The fraction of sp³-hybridized carbons (Fsp3) is 0. The van der Waals surface area contributed by atoms with Crippen LogP contribution in [0.3, 0.4) is 0 Å². The number of pyridine rings is 1. The van der Waals surface area contributed by atoms with Crippen LogP contribution in [0, 0.1) is 5.82 Å². The average molecular weight is 338 g/mol. The van der Waals surface area contributed by atoms with E-state index >= 15 is 0 Å². The van der Waals surface area contributed by atoms with Crippen LogP contribution in [0.15, 0.2) is 41.1 Å². The summed E-state index contributed by atoms with van der Waals surface area (Å²) in [4.78, 5) is 26.9. The van der Waals surface area contributed by atoms with Gasteiger partial charge in [0.25, 0.3) is 11.8 Å². The van der Waals surface area contributed by atoms with Crippen LogP contribution in [0.25, 0.3) is 0 Å². The van der Waals surface area contributed by atoms with Crippen LogP contribution < -0.4 is 11.1 Å². The van der Waals surface area contributed by atoms with Crippen molar-refractivity contribution in [2.24, 2.45) is 5.73 Å². The predicted molar refractivity (Wildman–Crippen MR) is 74.8 cm³/mol. The minimum atomic E-state index is -0.898. The van der Waals surface area contributed by atoms with Gasteiger partial charge in [-0.1, -0.05) is 0 Å². The van der Waals surface area contributed by atoms with Crippen LogP contribution in [-0.2, 0) is 0 Å². The predicted octanol–water partition coefficient (Wildman–Crippen LogP) is 2.33. The first-order valence-corrected chi connectivity index (χ1v) is 6.29. The Hall–Kier alpha value is -2.28. The summed E-state index contributed by atoms with van der Waals surface area (Å²) in [6.45, 7) is 0. The first-order chi connectivity index (χ1) is 9.47. The summed E-state index contributed by atoms with van der Waals surface area (Å²) >= 11 is 3.15. The van der Waals surface area contributed by atoms with Gasteiger partial charge in [-0.15, -0.1) is 0 Å². The number of nitrogens with zero attached hydrogens (tertiary/aromatic N) is 1. The molecule has 1 heterocycles. The van der Waals surface area contributed by atoms with Gasteiger partial charge in [0.05, 0.1) is 5.56 Å². The third kappa shape index (κ3) is 3.18. The highest BCUT2D eigenvalue weighted by Gasteiger charge is 2.11. The number of hydrogen-bond donors (Lipinski definition) is 2. The molecule has 7 heteroatoms. The summed E-state index contributed by atoms with van der Waals surface area (Å²) in [5.41, 5.74) is 5.41. The van der Waals surface area contributed by atoms with Gasteiger partial charge in [0, 0.05) is 17.4 Å². The van der Waals surface area contributed by atoms with Crippen molar-refractivity contribution in [1.82, 2.24) is 4.98 Å². The van der Waals surface area contributed by atoms with Crippen molar-refractivity contribution >= 4 is 33.4 Å². The number of rotatable bonds is 3. The van der Waals surface area contributed by atoms with Crippen LogP contribution >= 0.6 is 15.9 Å². The molecule has 3 N–H and O–H groups in total. The molecule has 20 heavy (non-hydrogen) atoms. The topological polar surface area (TPSA) is 85.1 Å². The SMILES string of the molecule is NC(=O)c1cc(NC(=O)c2ccnc(Br)c2)ccc1F. The van der Waals surface area contributed by atoms with Crippen molar-refractivity contribution in [2.75, 3.05) is 5.32 Å². The largest absolute Gasteiger partial charge is 0.366 e. The molecule has 0 fully saturated rings. The van der Waals surface area contributed by atoms with Gasteiger partial charge < -0.3 is 11.1 Å². The van der Waals surface area contributed by atoms with Crippen molar-refractivity contribution in [3.05, 3.63) is 58.1 Å². The number of nitrogens with two attached hydrogens (primary N) is 1. The van der Waals surface area contributed by atoms with Gasteiger partial charge in [-0.3, -0.25) is 9.59 Å². The third-order valence-electron chi connectivity index (χ3n) is 2.48. The van der Waals surface area contributed by atoms with Crippen molar-refractivity contribution in [2.45, 2.75) is 0 Å². The molecule has 2 rings (SSSR count). The van der Waals surface area contributed by atoms with Crippen LogP contribution in [0.2, 0.25) is 0 Å². The zero-order chi connectivity index (χ0) is 14.7. The Morgan fingerprint density at radius 2 is 2.00 bits per heavy atom.